The van der Waals surface area contributed by atoms with Gasteiger partial charge in [0.05, 0.1) is 11.9 Å². The van der Waals surface area contributed by atoms with Crippen LogP contribution in [0.5, 0.6) is 0 Å². The zero-order valence-corrected chi connectivity index (χ0v) is 19.0. The van der Waals surface area contributed by atoms with Crippen molar-refractivity contribution in [2.45, 2.75) is 110 Å². The molecule has 0 amide bonds. The molecule has 0 saturated carbocycles. The molecule has 1 atom stereocenters. The van der Waals surface area contributed by atoms with Crippen molar-refractivity contribution in [3.8, 4) is 0 Å². The lowest BCUT2D eigenvalue weighted by Crippen LogP contribution is -2.07. The monoisotopic (exact) mass is 410 g/mol. The summed E-state index contributed by atoms with van der Waals surface area (Å²) in [7, 11) is -3.63. The van der Waals surface area contributed by atoms with Crippen LogP contribution in [0, 0.1) is 0 Å². The molecule has 1 rings (SSSR count). The second-order valence-corrected chi connectivity index (χ2v) is 9.81. The largest absolute Gasteiger partial charge is 0.358 e. The maximum Gasteiger partial charge on any atom is 0.358 e. The van der Waals surface area contributed by atoms with Gasteiger partial charge in [0, 0.05) is 0 Å². The fourth-order valence-corrected chi connectivity index (χ4v) is 4.60. The van der Waals surface area contributed by atoms with Crippen molar-refractivity contribution >= 4 is 12.9 Å². The van der Waals surface area contributed by atoms with Crippen molar-refractivity contribution in [3.05, 3.63) is 30.3 Å². The van der Waals surface area contributed by atoms with E-state index in [1.807, 2.05) is 6.07 Å². The minimum Gasteiger partial charge on any atom is -0.321 e. The molecule has 0 saturated heterocycles. The number of unbranched alkanes of at least 4 members (excludes halogenated alkanes) is 15. The molecule has 0 heterocycles. The molecule has 0 aliphatic rings. The lowest BCUT2D eigenvalue weighted by molar-refractivity contribution is 0.261. The lowest BCUT2D eigenvalue weighted by Gasteiger charge is -2.12. The topological polar surface area (TPSA) is 46.5 Å². The summed E-state index contributed by atoms with van der Waals surface area (Å²) in [6, 6.07) is 8.65. The molecule has 0 radical (unpaired) electrons. The van der Waals surface area contributed by atoms with E-state index < -0.39 is 7.60 Å². The molecule has 0 aliphatic heterocycles. The van der Waals surface area contributed by atoms with Crippen LogP contribution in [-0.4, -0.2) is 11.5 Å². The first-order chi connectivity index (χ1) is 13.7. The van der Waals surface area contributed by atoms with Gasteiger partial charge in [0.25, 0.3) is 0 Å². The second-order valence-electron chi connectivity index (χ2n) is 7.99. The molecule has 3 nitrogen and oxygen atoms in total. The third-order valence-electron chi connectivity index (χ3n) is 5.35. The van der Waals surface area contributed by atoms with Gasteiger partial charge in [-0.3, -0.25) is 4.57 Å². The summed E-state index contributed by atoms with van der Waals surface area (Å²) in [4.78, 5) is 9.94. The van der Waals surface area contributed by atoms with Gasteiger partial charge in [-0.2, -0.15) is 0 Å². The minimum absolute atomic E-state index is 0.362. The Bertz CT molecular complexity index is 504. The van der Waals surface area contributed by atoms with Gasteiger partial charge >= 0.3 is 7.60 Å². The lowest BCUT2D eigenvalue weighted by atomic mass is 10.0. The molecule has 0 fully saturated rings. The molecule has 0 aliphatic carbocycles. The zero-order valence-electron chi connectivity index (χ0n) is 18.1. The van der Waals surface area contributed by atoms with Gasteiger partial charge < -0.3 is 9.42 Å². The van der Waals surface area contributed by atoms with Crippen molar-refractivity contribution in [3.63, 3.8) is 0 Å². The number of hydrogen-bond acceptors (Lipinski definition) is 2. The molecular formula is C24H43O3P. The van der Waals surface area contributed by atoms with E-state index in [0.29, 0.717) is 11.9 Å². The van der Waals surface area contributed by atoms with Gasteiger partial charge in [0.2, 0.25) is 0 Å². The highest BCUT2D eigenvalue weighted by Crippen LogP contribution is 2.40. The Hall–Kier alpha value is -0.630. The predicted octanol–water partition coefficient (Wildman–Crippen LogP) is 7.78. The van der Waals surface area contributed by atoms with Gasteiger partial charge in [0.15, 0.2) is 0 Å². The summed E-state index contributed by atoms with van der Waals surface area (Å²) in [6.45, 7) is 2.64. The Morgan fingerprint density at radius 1 is 0.679 bits per heavy atom. The molecule has 1 aromatic rings. The average molecular weight is 411 g/mol. The van der Waals surface area contributed by atoms with Crippen LogP contribution in [0.4, 0.5) is 0 Å². The van der Waals surface area contributed by atoms with Crippen LogP contribution in [0.25, 0.3) is 0 Å². The minimum atomic E-state index is -3.63. The van der Waals surface area contributed by atoms with Crippen LogP contribution in [0.3, 0.4) is 0 Å². The van der Waals surface area contributed by atoms with Crippen LogP contribution in [0.15, 0.2) is 30.3 Å². The summed E-state index contributed by atoms with van der Waals surface area (Å²) in [5.41, 5.74) is 0. The van der Waals surface area contributed by atoms with Gasteiger partial charge in [-0.25, -0.2) is 0 Å². The van der Waals surface area contributed by atoms with Gasteiger partial charge in [-0.05, 0) is 18.6 Å². The number of hydrogen-bond donors (Lipinski definition) is 1. The first kappa shape index (κ1) is 25.4. The van der Waals surface area contributed by atoms with Gasteiger partial charge in [-0.1, -0.05) is 121 Å². The van der Waals surface area contributed by atoms with E-state index in [9.17, 15) is 9.46 Å². The van der Waals surface area contributed by atoms with Crippen molar-refractivity contribution in [1.29, 1.82) is 0 Å². The molecule has 1 N–H and O–H groups in total. The van der Waals surface area contributed by atoms with Crippen molar-refractivity contribution < 1.29 is 14.0 Å². The molecule has 1 aromatic carbocycles. The standard InChI is InChI=1S/C24H43O3P/c1-2-3-4-5-6-7-8-9-10-11-12-13-14-15-16-20-23-27-28(25,26)24-21-18-17-19-22-24/h17-19,21-22H,2-16,20,23H2,1H3,(H,25,26). The molecule has 162 valence electrons. The molecule has 4 heteroatoms. The average Bonchev–Trinajstić information content (AvgIpc) is 2.71. The maximum atomic E-state index is 12.1. The highest BCUT2D eigenvalue weighted by molar-refractivity contribution is 7.61. The quantitative estimate of drug-likeness (QED) is 0.187. The Morgan fingerprint density at radius 2 is 1.07 bits per heavy atom. The highest BCUT2D eigenvalue weighted by Gasteiger charge is 2.21. The predicted molar refractivity (Wildman–Crippen MR) is 121 cm³/mol. The van der Waals surface area contributed by atoms with Gasteiger partial charge in [0.1, 0.15) is 0 Å². The normalized spacial score (nSPS) is 13.5. The first-order valence-electron chi connectivity index (χ1n) is 11.7. The molecule has 0 aromatic heterocycles. The summed E-state index contributed by atoms with van der Waals surface area (Å²) >= 11 is 0. The third kappa shape index (κ3) is 13.5. The Morgan fingerprint density at radius 3 is 1.50 bits per heavy atom. The smallest absolute Gasteiger partial charge is 0.321 e. The van der Waals surface area contributed by atoms with E-state index in [1.54, 1.807) is 24.3 Å². The van der Waals surface area contributed by atoms with Gasteiger partial charge in [-0.15, -0.1) is 0 Å². The summed E-state index contributed by atoms with van der Waals surface area (Å²) < 4.78 is 17.4. The van der Waals surface area contributed by atoms with Crippen LogP contribution in [0.1, 0.15) is 110 Å². The van der Waals surface area contributed by atoms with Crippen LogP contribution < -0.4 is 5.30 Å². The summed E-state index contributed by atoms with van der Waals surface area (Å²) in [5.74, 6) is 0. The van der Waals surface area contributed by atoms with Crippen molar-refractivity contribution in [2.24, 2.45) is 0 Å². The molecule has 0 bridgehead atoms. The Kier molecular flexibility index (Phi) is 15.6. The molecule has 28 heavy (non-hydrogen) atoms. The zero-order chi connectivity index (χ0) is 20.3. The SMILES string of the molecule is CCCCCCCCCCCCCCCCCCOP(=O)(O)c1ccccc1. The van der Waals surface area contributed by atoms with E-state index in [-0.39, 0.29) is 0 Å². The summed E-state index contributed by atoms with van der Waals surface area (Å²) in [5, 5.41) is 0.381. The summed E-state index contributed by atoms with van der Waals surface area (Å²) in [6.07, 6.45) is 21.1. The number of rotatable bonds is 19. The molecule has 0 spiro atoms. The van der Waals surface area contributed by atoms with E-state index in [4.69, 9.17) is 4.52 Å². The fraction of sp³-hybridized carbons (Fsp3) is 0.750. The van der Waals surface area contributed by atoms with Crippen LogP contribution >= 0.6 is 7.60 Å². The van der Waals surface area contributed by atoms with E-state index in [2.05, 4.69) is 6.92 Å². The van der Waals surface area contributed by atoms with Crippen molar-refractivity contribution in [2.75, 3.05) is 6.61 Å². The molecule has 1 unspecified atom stereocenters. The van der Waals surface area contributed by atoms with E-state index in [1.165, 1.54) is 89.9 Å². The number of benzene rings is 1. The second kappa shape index (κ2) is 17.2. The van der Waals surface area contributed by atoms with E-state index >= 15 is 0 Å². The third-order valence-corrected chi connectivity index (χ3v) is 6.83. The highest BCUT2D eigenvalue weighted by atomic mass is 31.2. The Balaban J connectivity index is 1.82. The van der Waals surface area contributed by atoms with Crippen molar-refractivity contribution in [1.82, 2.24) is 0 Å². The van der Waals surface area contributed by atoms with Crippen LogP contribution in [0.2, 0.25) is 0 Å². The van der Waals surface area contributed by atoms with Crippen LogP contribution in [-0.2, 0) is 9.09 Å². The Labute approximate surface area is 173 Å². The fourth-order valence-electron chi connectivity index (χ4n) is 3.53. The molecular weight excluding hydrogens is 367 g/mol. The first-order valence-corrected chi connectivity index (χ1v) is 13.3. The maximum absolute atomic E-state index is 12.1. The van der Waals surface area contributed by atoms with E-state index in [0.717, 1.165) is 12.8 Å².